The smallest absolute Gasteiger partial charge is 0.270 e. The van der Waals surface area contributed by atoms with E-state index in [2.05, 4.69) is 37.5 Å². The molecular weight excluding hydrogens is 454 g/mol. The molecule has 0 atom stereocenters. The molecule has 152 valence electrons. The second-order valence-electron chi connectivity index (χ2n) is 6.18. The summed E-state index contributed by atoms with van der Waals surface area (Å²) in [4.78, 5) is 14.7. The van der Waals surface area contributed by atoms with Gasteiger partial charge in [0.2, 0.25) is 0 Å². The van der Waals surface area contributed by atoms with Crippen molar-refractivity contribution in [3.8, 4) is 17.4 Å². The highest BCUT2D eigenvalue weighted by atomic mass is 79.9. The number of nitro benzene ring substituents is 1. The van der Waals surface area contributed by atoms with Gasteiger partial charge in [-0.05, 0) is 47.1 Å². The van der Waals surface area contributed by atoms with E-state index in [-0.39, 0.29) is 12.3 Å². The standard InChI is InChI=1S/C20H16BrN5O4/c1-12-7-13(11-29-2)17(9-22)20(24-12)25-23-10-15-4-6-19(30-15)16-5-3-14(26(27)28)8-18(16)21/h3-8,10H,11H2,1-2H3,(H,24,25). The lowest BCUT2D eigenvalue weighted by molar-refractivity contribution is -0.384. The Morgan fingerprint density at radius 3 is 2.87 bits per heavy atom. The zero-order valence-electron chi connectivity index (χ0n) is 16.0. The Hall–Kier alpha value is -3.55. The van der Waals surface area contributed by atoms with Gasteiger partial charge in [-0.15, -0.1) is 0 Å². The molecule has 1 N–H and O–H groups in total. The second-order valence-corrected chi connectivity index (χ2v) is 7.04. The second kappa shape index (κ2) is 9.30. The van der Waals surface area contributed by atoms with E-state index in [1.165, 1.54) is 18.3 Å². The lowest BCUT2D eigenvalue weighted by atomic mass is 10.1. The van der Waals surface area contributed by atoms with Gasteiger partial charge >= 0.3 is 0 Å². The maximum atomic E-state index is 10.9. The summed E-state index contributed by atoms with van der Waals surface area (Å²) in [5.74, 6) is 1.30. The number of ether oxygens (including phenoxy) is 1. The van der Waals surface area contributed by atoms with Crippen LogP contribution in [0.2, 0.25) is 0 Å². The molecule has 1 aromatic carbocycles. The lowest BCUT2D eigenvalue weighted by Crippen LogP contribution is -2.03. The van der Waals surface area contributed by atoms with Crippen LogP contribution in [-0.2, 0) is 11.3 Å². The van der Waals surface area contributed by atoms with Crippen molar-refractivity contribution in [3.05, 3.63) is 73.6 Å². The van der Waals surface area contributed by atoms with Gasteiger partial charge in [-0.1, -0.05) is 0 Å². The summed E-state index contributed by atoms with van der Waals surface area (Å²) in [5, 5.41) is 24.4. The number of hydrazone groups is 1. The van der Waals surface area contributed by atoms with E-state index in [4.69, 9.17) is 9.15 Å². The number of nitrogens with zero attached hydrogens (tertiary/aromatic N) is 4. The summed E-state index contributed by atoms with van der Waals surface area (Å²) in [6.07, 6.45) is 1.45. The number of benzene rings is 1. The molecule has 0 fully saturated rings. The number of aryl methyl sites for hydroxylation is 1. The Kier molecular flexibility index (Phi) is 6.56. The lowest BCUT2D eigenvalue weighted by Gasteiger charge is -2.08. The van der Waals surface area contributed by atoms with Gasteiger partial charge in [-0.3, -0.25) is 15.5 Å². The van der Waals surface area contributed by atoms with Crippen LogP contribution in [0.4, 0.5) is 11.5 Å². The largest absolute Gasteiger partial charge is 0.455 e. The molecule has 10 heteroatoms. The van der Waals surface area contributed by atoms with Crippen molar-refractivity contribution in [1.29, 1.82) is 5.26 Å². The molecule has 3 aromatic rings. The molecule has 2 aromatic heterocycles. The van der Waals surface area contributed by atoms with E-state index in [0.717, 1.165) is 5.69 Å². The number of rotatable bonds is 7. The van der Waals surface area contributed by atoms with Crippen molar-refractivity contribution < 1.29 is 14.1 Å². The van der Waals surface area contributed by atoms with E-state index in [1.54, 1.807) is 31.4 Å². The van der Waals surface area contributed by atoms with Crippen molar-refractivity contribution in [2.45, 2.75) is 13.5 Å². The molecular formula is C20H16BrN5O4. The van der Waals surface area contributed by atoms with Crippen molar-refractivity contribution in [3.63, 3.8) is 0 Å². The average Bonchev–Trinajstić information content (AvgIpc) is 3.16. The van der Waals surface area contributed by atoms with Gasteiger partial charge in [0.05, 0.1) is 17.7 Å². The van der Waals surface area contributed by atoms with E-state index >= 15 is 0 Å². The Morgan fingerprint density at radius 2 is 2.20 bits per heavy atom. The highest BCUT2D eigenvalue weighted by Gasteiger charge is 2.13. The predicted octanol–water partition coefficient (Wildman–Crippen LogP) is 4.78. The van der Waals surface area contributed by atoms with Crippen LogP contribution < -0.4 is 5.43 Å². The van der Waals surface area contributed by atoms with E-state index in [1.807, 2.05) is 6.92 Å². The quantitative estimate of drug-likeness (QED) is 0.299. The van der Waals surface area contributed by atoms with Crippen molar-refractivity contribution in [2.75, 3.05) is 12.5 Å². The Bertz CT molecular complexity index is 1170. The van der Waals surface area contributed by atoms with Crippen LogP contribution in [0.1, 0.15) is 22.6 Å². The van der Waals surface area contributed by atoms with Crippen molar-refractivity contribution in [2.24, 2.45) is 5.10 Å². The van der Waals surface area contributed by atoms with Gasteiger partial charge in [0.1, 0.15) is 23.2 Å². The maximum absolute atomic E-state index is 10.9. The van der Waals surface area contributed by atoms with Crippen LogP contribution in [0.3, 0.4) is 0 Å². The number of nitriles is 1. The molecule has 30 heavy (non-hydrogen) atoms. The fourth-order valence-corrected chi connectivity index (χ4v) is 3.32. The number of non-ortho nitro benzene ring substituents is 1. The number of aromatic nitrogens is 1. The minimum atomic E-state index is -0.465. The van der Waals surface area contributed by atoms with Crippen LogP contribution >= 0.6 is 15.9 Å². The van der Waals surface area contributed by atoms with Crippen LogP contribution in [0.5, 0.6) is 0 Å². The molecule has 0 bridgehead atoms. The highest BCUT2D eigenvalue weighted by molar-refractivity contribution is 9.10. The van der Waals surface area contributed by atoms with Crippen LogP contribution in [0, 0.1) is 28.4 Å². The third-order valence-corrected chi connectivity index (χ3v) is 4.71. The number of halogens is 1. The molecule has 2 heterocycles. The number of methoxy groups -OCH3 is 1. The first-order chi connectivity index (χ1) is 14.4. The number of hydrogen-bond acceptors (Lipinski definition) is 8. The minimum absolute atomic E-state index is 0.0186. The Balaban J connectivity index is 1.79. The fraction of sp³-hybridized carbons (Fsp3) is 0.150. The zero-order valence-corrected chi connectivity index (χ0v) is 17.6. The molecule has 0 saturated carbocycles. The first-order valence-electron chi connectivity index (χ1n) is 8.65. The maximum Gasteiger partial charge on any atom is 0.270 e. The fourth-order valence-electron chi connectivity index (χ4n) is 2.76. The molecule has 0 unspecified atom stereocenters. The highest BCUT2D eigenvalue weighted by Crippen LogP contribution is 2.32. The normalized spacial score (nSPS) is 10.9. The molecule has 9 nitrogen and oxygen atoms in total. The first-order valence-corrected chi connectivity index (χ1v) is 9.45. The summed E-state index contributed by atoms with van der Waals surface area (Å²) in [5.41, 5.74) is 5.22. The number of nitrogens with one attached hydrogen (secondary N) is 1. The van der Waals surface area contributed by atoms with Gasteiger partial charge in [0, 0.05) is 40.5 Å². The number of nitro groups is 1. The van der Waals surface area contributed by atoms with E-state index in [9.17, 15) is 15.4 Å². The van der Waals surface area contributed by atoms with Crippen molar-refractivity contribution in [1.82, 2.24) is 4.98 Å². The molecule has 0 aliphatic heterocycles. The van der Waals surface area contributed by atoms with Gasteiger partial charge < -0.3 is 9.15 Å². The van der Waals surface area contributed by atoms with Crippen molar-refractivity contribution >= 4 is 33.6 Å². The molecule has 0 saturated heterocycles. The Morgan fingerprint density at radius 1 is 1.40 bits per heavy atom. The van der Waals surface area contributed by atoms with Gasteiger partial charge in [-0.25, -0.2) is 4.98 Å². The van der Waals surface area contributed by atoms with Crippen LogP contribution in [0.25, 0.3) is 11.3 Å². The summed E-state index contributed by atoms with van der Waals surface area (Å²) < 4.78 is 11.4. The van der Waals surface area contributed by atoms with Crippen LogP contribution in [0.15, 0.2) is 50.4 Å². The molecule has 0 spiro atoms. The van der Waals surface area contributed by atoms with Gasteiger partial charge in [0.15, 0.2) is 5.82 Å². The SMILES string of the molecule is COCc1cc(C)nc(NN=Cc2ccc(-c3ccc([N+](=O)[O-])cc3Br)o2)c1C#N. The molecule has 0 aliphatic rings. The van der Waals surface area contributed by atoms with E-state index < -0.39 is 4.92 Å². The number of hydrogen-bond donors (Lipinski definition) is 1. The first kappa shape index (κ1) is 21.2. The third-order valence-electron chi connectivity index (χ3n) is 4.06. The minimum Gasteiger partial charge on any atom is -0.455 e. The average molecular weight is 470 g/mol. The molecule has 0 radical (unpaired) electrons. The Labute approximate surface area is 180 Å². The molecule has 0 aliphatic carbocycles. The molecule has 3 rings (SSSR count). The number of anilines is 1. The number of furan rings is 1. The zero-order chi connectivity index (χ0) is 21.7. The molecule has 0 amide bonds. The van der Waals surface area contributed by atoms with Gasteiger partial charge in [0.25, 0.3) is 5.69 Å². The summed E-state index contributed by atoms with van der Waals surface area (Å²) >= 11 is 3.33. The number of pyridine rings is 1. The monoisotopic (exact) mass is 469 g/mol. The van der Waals surface area contributed by atoms with E-state index in [0.29, 0.717) is 38.5 Å². The third kappa shape index (κ3) is 4.71. The predicted molar refractivity (Wildman–Crippen MR) is 114 cm³/mol. The summed E-state index contributed by atoms with van der Waals surface area (Å²) in [6, 6.07) is 11.8. The van der Waals surface area contributed by atoms with Crippen LogP contribution in [-0.4, -0.2) is 23.2 Å². The topological polar surface area (TPSA) is 127 Å². The van der Waals surface area contributed by atoms with Gasteiger partial charge in [-0.2, -0.15) is 10.4 Å². The summed E-state index contributed by atoms with van der Waals surface area (Å²) in [6.45, 7) is 2.10. The summed E-state index contributed by atoms with van der Waals surface area (Å²) in [7, 11) is 1.56.